The molecule has 0 saturated heterocycles. The zero-order valence-corrected chi connectivity index (χ0v) is 4.61. The molecule has 0 aromatic rings. The molecular weight excluding hydrogens is 90.1 g/mol. The van der Waals surface area contributed by atoms with E-state index in [2.05, 4.69) is 6.58 Å². The summed E-state index contributed by atoms with van der Waals surface area (Å²) in [5.74, 6) is 0. The van der Waals surface area contributed by atoms with Crippen molar-refractivity contribution in [2.75, 3.05) is 6.54 Å². The number of hydrogen-bond donors (Lipinski definition) is 1. The van der Waals surface area contributed by atoms with Gasteiger partial charge in [0.2, 0.25) is 0 Å². The average molecular weight is 101 g/mol. The van der Waals surface area contributed by atoms with E-state index >= 15 is 0 Å². The molecule has 0 fully saturated rings. The van der Waals surface area contributed by atoms with Crippen LogP contribution in [0.4, 0.5) is 0 Å². The van der Waals surface area contributed by atoms with Crippen LogP contribution in [0, 0.1) is 5.21 Å². The van der Waals surface area contributed by atoms with Crippen LogP contribution in [0.2, 0.25) is 0 Å². The minimum atomic E-state index is 0.141. The SMILES string of the molecule is C=C[NH+]([O-])CCC. The highest BCUT2D eigenvalue weighted by atomic mass is 16.5. The maximum Gasteiger partial charge on any atom is 0.0869 e. The maximum atomic E-state index is 10.3. The minimum absolute atomic E-state index is 0.141. The molecule has 0 amide bonds. The van der Waals surface area contributed by atoms with Gasteiger partial charge in [0.05, 0.1) is 12.7 Å². The normalized spacial score (nSPS) is 13.4. The van der Waals surface area contributed by atoms with E-state index in [1.807, 2.05) is 6.92 Å². The Kier molecular flexibility index (Phi) is 3.65. The van der Waals surface area contributed by atoms with Crippen molar-refractivity contribution in [3.63, 3.8) is 0 Å². The lowest BCUT2D eigenvalue weighted by molar-refractivity contribution is -0.790. The first kappa shape index (κ1) is 6.66. The monoisotopic (exact) mass is 101 g/mol. The molecule has 0 aromatic carbocycles. The van der Waals surface area contributed by atoms with E-state index in [1.165, 1.54) is 6.20 Å². The van der Waals surface area contributed by atoms with E-state index in [0.717, 1.165) is 6.42 Å². The Balaban J connectivity index is 2.98. The van der Waals surface area contributed by atoms with Gasteiger partial charge < -0.3 is 10.3 Å². The molecule has 1 unspecified atom stereocenters. The Hall–Kier alpha value is -0.340. The van der Waals surface area contributed by atoms with E-state index < -0.39 is 0 Å². The summed E-state index contributed by atoms with van der Waals surface area (Å²) in [6, 6.07) is 0. The average Bonchev–Trinajstić information content (AvgIpc) is 1.68. The van der Waals surface area contributed by atoms with Crippen LogP contribution in [0.5, 0.6) is 0 Å². The van der Waals surface area contributed by atoms with E-state index in [0.29, 0.717) is 6.54 Å². The second kappa shape index (κ2) is 3.84. The molecule has 0 aliphatic heterocycles. The molecule has 0 radical (unpaired) electrons. The third-order valence-electron chi connectivity index (χ3n) is 0.724. The highest BCUT2D eigenvalue weighted by molar-refractivity contribution is 4.45. The number of hydrogen-bond acceptors (Lipinski definition) is 1. The Morgan fingerprint density at radius 2 is 2.43 bits per heavy atom. The molecular formula is C5H11NO. The predicted octanol–water partition coefficient (Wildman–Crippen LogP) is -0.0774. The van der Waals surface area contributed by atoms with Crippen LogP contribution in [0.25, 0.3) is 0 Å². The molecule has 1 atom stereocenters. The van der Waals surface area contributed by atoms with Crippen LogP contribution in [-0.4, -0.2) is 6.54 Å². The lowest BCUT2D eigenvalue weighted by atomic mass is 10.5. The lowest BCUT2D eigenvalue weighted by Gasteiger charge is -2.14. The second-order valence-corrected chi connectivity index (χ2v) is 1.42. The summed E-state index contributed by atoms with van der Waals surface area (Å²) < 4.78 is 0. The van der Waals surface area contributed by atoms with Crippen molar-refractivity contribution in [3.8, 4) is 0 Å². The van der Waals surface area contributed by atoms with Gasteiger partial charge in [-0.3, -0.25) is 0 Å². The molecule has 0 bridgehead atoms. The maximum absolute atomic E-state index is 10.3. The fourth-order valence-electron chi connectivity index (χ4n) is 0.348. The molecule has 0 aliphatic rings. The molecule has 7 heavy (non-hydrogen) atoms. The van der Waals surface area contributed by atoms with Crippen LogP contribution in [0.3, 0.4) is 0 Å². The molecule has 0 spiro atoms. The molecule has 0 aromatic heterocycles. The number of rotatable bonds is 3. The van der Waals surface area contributed by atoms with Gasteiger partial charge in [-0.05, 0) is 13.0 Å². The third kappa shape index (κ3) is 3.49. The Bertz CT molecular complexity index is 54.0. The third-order valence-corrected chi connectivity index (χ3v) is 0.724. The van der Waals surface area contributed by atoms with E-state index in [4.69, 9.17) is 0 Å². The van der Waals surface area contributed by atoms with Crippen LogP contribution in [-0.2, 0) is 0 Å². The second-order valence-electron chi connectivity index (χ2n) is 1.42. The quantitative estimate of drug-likeness (QED) is 0.495. The van der Waals surface area contributed by atoms with Crippen molar-refractivity contribution in [3.05, 3.63) is 18.0 Å². The number of quaternary nitrogens is 1. The Morgan fingerprint density at radius 3 is 2.57 bits per heavy atom. The molecule has 0 heterocycles. The molecule has 42 valence electrons. The van der Waals surface area contributed by atoms with Gasteiger partial charge in [0.15, 0.2) is 0 Å². The summed E-state index contributed by atoms with van der Waals surface area (Å²) in [6.07, 6.45) is 2.29. The van der Waals surface area contributed by atoms with Crippen LogP contribution in [0.1, 0.15) is 13.3 Å². The highest BCUT2D eigenvalue weighted by Crippen LogP contribution is 1.60. The van der Waals surface area contributed by atoms with Gasteiger partial charge in [0.1, 0.15) is 0 Å². The van der Waals surface area contributed by atoms with Gasteiger partial charge >= 0.3 is 0 Å². The first-order valence-electron chi connectivity index (χ1n) is 2.46. The lowest BCUT2D eigenvalue weighted by Crippen LogP contribution is -3.02. The van der Waals surface area contributed by atoms with Gasteiger partial charge in [-0.2, -0.15) is 0 Å². The fourth-order valence-corrected chi connectivity index (χ4v) is 0.348. The summed E-state index contributed by atoms with van der Waals surface area (Å²) in [5, 5.41) is 10.4. The van der Waals surface area contributed by atoms with Crippen molar-refractivity contribution in [1.29, 1.82) is 0 Å². The summed E-state index contributed by atoms with van der Waals surface area (Å²) in [6.45, 7) is 5.95. The van der Waals surface area contributed by atoms with Gasteiger partial charge in [0.25, 0.3) is 0 Å². The molecule has 0 rings (SSSR count). The number of hydroxylamine groups is 2. The van der Waals surface area contributed by atoms with Crippen molar-refractivity contribution in [2.24, 2.45) is 0 Å². The zero-order valence-electron chi connectivity index (χ0n) is 4.61. The molecule has 0 saturated carbocycles. The standard InChI is InChI=1S/C5H11NO/c1-3-5-6(7)4-2/h4,6H,2-3,5H2,1H3. The fraction of sp³-hybridized carbons (Fsp3) is 0.600. The van der Waals surface area contributed by atoms with Crippen LogP contribution in [0.15, 0.2) is 12.8 Å². The van der Waals surface area contributed by atoms with Gasteiger partial charge in [0, 0.05) is 0 Å². The van der Waals surface area contributed by atoms with Gasteiger partial charge in [-0.1, -0.05) is 6.92 Å². The van der Waals surface area contributed by atoms with Crippen molar-refractivity contribution in [2.45, 2.75) is 13.3 Å². The zero-order chi connectivity index (χ0) is 5.70. The topological polar surface area (TPSA) is 27.5 Å². The van der Waals surface area contributed by atoms with Crippen LogP contribution >= 0.6 is 0 Å². The first-order chi connectivity index (χ1) is 3.31. The van der Waals surface area contributed by atoms with Gasteiger partial charge in [-0.15, -0.1) is 0 Å². The van der Waals surface area contributed by atoms with Crippen molar-refractivity contribution < 1.29 is 5.06 Å². The summed E-state index contributed by atoms with van der Waals surface area (Å²) in [4.78, 5) is 0. The Morgan fingerprint density at radius 1 is 1.86 bits per heavy atom. The Labute approximate surface area is 44.0 Å². The van der Waals surface area contributed by atoms with E-state index in [9.17, 15) is 5.21 Å². The van der Waals surface area contributed by atoms with Crippen molar-refractivity contribution in [1.82, 2.24) is 0 Å². The first-order valence-corrected chi connectivity index (χ1v) is 2.46. The molecule has 2 nitrogen and oxygen atoms in total. The van der Waals surface area contributed by atoms with Crippen LogP contribution < -0.4 is 5.06 Å². The van der Waals surface area contributed by atoms with Crippen molar-refractivity contribution >= 4 is 0 Å². The minimum Gasteiger partial charge on any atom is -0.629 e. The molecule has 0 aliphatic carbocycles. The molecule has 2 heteroatoms. The van der Waals surface area contributed by atoms with Gasteiger partial charge in [-0.25, -0.2) is 0 Å². The summed E-state index contributed by atoms with van der Waals surface area (Å²) >= 11 is 0. The largest absolute Gasteiger partial charge is 0.629 e. The summed E-state index contributed by atoms with van der Waals surface area (Å²) in [5.41, 5.74) is 0. The highest BCUT2D eigenvalue weighted by Gasteiger charge is 1.81. The predicted molar refractivity (Wildman–Crippen MR) is 29.7 cm³/mol. The van der Waals surface area contributed by atoms with E-state index in [-0.39, 0.29) is 5.06 Å². The summed E-state index contributed by atoms with van der Waals surface area (Å²) in [7, 11) is 0. The van der Waals surface area contributed by atoms with E-state index in [1.54, 1.807) is 0 Å². The number of nitrogens with one attached hydrogen (secondary N) is 1. The molecule has 1 N–H and O–H groups in total. The smallest absolute Gasteiger partial charge is 0.0869 e.